The Labute approximate surface area is 248 Å². The second-order valence-corrected chi connectivity index (χ2v) is 13.1. The SMILES string of the molecule is CC(C)OC(=O)C(NC(=O)c1ccc(C(=O)NC(C(=O)OC(C)C)C2CN3CCC2CC3)cc1)C1CN2CCC1CC2. The fourth-order valence-electron chi connectivity index (χ4n) is 7.29. The molecule has 6 heterocycles. The van der Waals surface area contributed by atoms with Crippen LogP contribution in [-0.4, -0.2) is 97.1 Å². The fraction of sp³-hybridized carbons (Fsp3) is 0.688. The lowest BCUT2D eigenvalue weighted by Gasteiger charge is -2.47. The maximum absolute atomic E-state index is 13.3. The first-order valence-electron chi connectivity index (χ1n) is 15.7. The van der Waals surface area contributed by atoms with E-state index in [0.717, 1.165) is 65.0 Å². The maximum Gasteiger partial charge on any atom is 0.329 e. The molecule has 4 atom stereocenters. The Kier molecular flexibility index (Phi) is 9.52. The van der Waals surface area contributed by atoms with E-state index in [0.29, 0.717) is 23.0 Å². The molecule has 6 aliphatic rings. The van der Waals surface area contributed by atoms with E-state index >= 15 is 0 Å². The van der Waals surface area contributed by atoms with Crippen LogP contribution in [0.5, 0.6) is 0 Å². The van der Waals surface area contributed by atoms with Gasteiger partial charge in [-0.2, -0.15) is 0 Å². The number of fused-ring (bicyclic) bond motifs is 6. The molecule has 0 aromatic heterocycles. The summed E-state index contributed by atoms with van der Waals surface area (Å²) < 4.78 is 11.1. The van der Waals surface area contributed by atoms with Crippen LogP contribution in [0.2, 0.25) is 0 Å². The molecule has 1 aromatic rings. The second-order valence-electron chi connectivity index (χ2n) is 13.1. The topological polar surface area (TPSA) is 117 Å². The van der Waals surface area contributed by atoms with Crippen LogP contribution >= 0.6 is 0 Å². The van der Waals surface area contributed by atoms with Crippen LogP contribution in [0.25, 0.3) is 0 Å². The maximum atomic E-state index is 13.3. The molecule has 0 spiro atoms. The molecule has 6 saturated heterocycles. The van der Waals surface area contributed by atoms with Gasteiger partial charge in [0.2, 0.25) is 0 Å². The number of esters is 2. The molecular formula is C32H46N4O6. The average molecular weight is 583 g/mol. The quantitative estimate of drug-likeness (QED) is 0.404. The first-order chi connectivity index (χ1) is 20.1. The van der Waals surface area contributed by atoms with Gasteiger partial charge in [0.1, 0.15) is 12.1 Å². The Morgan fingerprint density at radius 3 is 1.24 bits per heavy atom. The number of ether oxygens (including phenoxy) is 2. The smallest absolute Gasteiger partial charge is 0.329 e. The van der Waals surface area contributed by atoms with E-state index in [1.807, 2.05) is 0 Å². The number of rotatable bonds is 10. The highest BCUT2D eigenvalue weighted by Gasteiger charge is 2.44. The lowest BCUT2D eigenvalue weighted by molar-refractivity contribution is -0.154. The lowest BCUT2D eigenvalue weighted by Crippen LogP contribution is -2.58. The molecule has 230 valence electrons. The Bertz CT molecular complexity index is 1050. The van der Waals surface area contributed by atoms with Crippen molar-refractivity contribution in [1.29, 1.82) is 0 Å². The number of nitrogens with zero attached hydrogens (tertiary/aromatic N) is 2. The Balaban J connectivity index is 1.26. The zero-order chi connectivity index (χ0) is 30.0. The zero-order valence-corrected chi connectivity index (χ0v) is 25.3. The van der Waals surface area contributed by atoms with Gasteiger partial charge in [0.15, 0.2) is 0 Å². The number of carbonyl (C=O) groups excluding carboxylic acids is 4. The van der Waals surface area contributed by atoms with Gasteiger partial charge in [0, 0.05) is 36.1 Å². The van der Waals surface area contributed by atoms with Gasteiger partial charge < -0.3 is 29.9 Å². The lowest BCUT2D eigenvalue weighted by atomic mass is 9.75. The Morgan fingerprint density at radius 2 is 0.976 bits per heavy atom. The van der Waals surface area contributed by atoms with E-state index < -0.39 is 24.0 Å². The van der Waals surface area contributed by atoms with E-state index in [1.165, 1.54) is 0 Å². The highest BCUT2D eigenvalue weighted by molar-refractivity contribution is 6.00. The molecule has 2 N–H and O–H groups in total. The van der Waals surface area contributed by atoms with Crippen molar-refractivity contribution in [3.8, 4) is 0 Å². The normalized spacial score (nSPS) is 29.6. The van der Waals surface area contributed by atoms with Gasteiger partial charge in [-0.25, -0.2) is 9.59 Å². The van der Waals surface area contributed by atoms with Gasteiger partial charge in [0.05, 0.1) is 12.2 Å². The highest BCUT2D eigenvalue weighted by atomic mass is 16.5. The molecule has 10 heteroatoms. The monoisotopic (exact) mass is 582 g/mol. The Morgan fingerprint density at radius 1 is 0.643 bits per heavy atom. The van der Waals surface area contributed by atoms with Gasteiger partial charge in [0.25, 0.3) is 11.8 Å². The molecule has 1 aromatic carbocycles. The van der Waals surface area contributed by atoms with E-state index in [2.05, 4.69) is 20.4 Å². The minimum Gasteiger partial charge on any atom is -0.461 e. The molecule has 4 unspecified atom stereocenters. The largest absolute Gasteiger partial charge is 0.461 e. The Hall–Kier alpha value is -2.98. The number of carbonyl (C=O) groups is 4. The number of benzene rings is 1. The molecule has 0 aliphatic carbocycles. The van der Waals surface area contributed by atoms with Crippen molar-refractivity contribution < 1.29 is 28.7 Å². The summed E-state index contributed by atoms with van der Waals surface area (Å²) in [5.41, 5.74) is 0.701. The molecular weight excluding hydrogens is 536 g/mol. The fourth-order valence-corrected chi connectivity index (χ4v) is 7.29. The van der Waals surface area contributed by atoms with Gasteiger partial charge in [-0.15, -0.1) is 0 Å². The molecule has 6 aliphatic heterocycles. The summed E-state index contributed by atoms with van der Waals surface area (Å²) in [5.74, 6) is -0.816. The van der Waals surface area contributed by atoms with Crippen LogP contribution in [0.4, 0.5) is 0 Å². The summed E-state index contributed by atoms with van der Waals surface area (Å²) in [6, 6.07) is 4.88. The van der Waals surface area contributed by atoms with E-state index in [9.17, 15) is 19.2 Å². The van der Waals surface area contributed by atoms with Crippen molar-refractivity contribution in [3.05, 3.63) is 35.4 Å². The third kappa shape index (κ3) is 6.97. The summed E-state index contributed by atoms with van der Waals surface area (Å²) in [6.07, 6.45) is 3.50. The van der Waals surface area contributed by atoms with Crippen LogP contribution in [0.15, 0.2) is 24.3 Å². The van der Waals surface area contributed by atoms with Crippen molar-refractivity contribution in [1.82, 2.24) is 20.4 Å². The zero-order valence-electron chi connectivity index (χ0n) is 25.3. The van der Waals surface area contributed by atoms with Gasteiger partial charge in [-0.05, 0) is 116 Å². The van der Waals surface area contributed by atoms with Crippen LogP contribution in [0.1, 0.15) is 74.1 Å². The highest BCUT2D eigenvalue weighted by Crippen LogP contribution is 2.36. The van der Waals surface area contributed by atoms with E-state index in [4.69, 9.17) is 9.47 Å². The number of piperidine rings is 6. The van der Waals surface area contributed by atoms with Crippen LogP contribution in [-0.2, 0) is 19.1 Å². The van der Waals surface area contributed by atoms with Gasteiger partial charge >= 0.3 is 11.9 Å². The van der Waals surface area contributed by atoms with Crippen LogP contribution in [0.3, 0.4) is 0 Å². The van der Waals surface area contributed by atoms with Crippen molar-refractivity contribution in [2.45, 2.75) is 77.7 Å². The summed E-state index contributed by atoms with van der Waals surface area (Å²) in [7, 11) is 0. The van der Waals surface area contributed by atoms with Crippen LogP contribution < -0.4 is 10.6 Å². The van der Waals surface area contributed by atoms with Gasteiger partial charge in [-0.3, -0.25) is 9.59 Å². The third-order valence-corrected chi connectivity index (χ3v) is 9.46. The standard InChI is InChI=1S/C32H46N4O6/c1-19(2)41-31(39)27(25-17-35-13-9-21(25)10-14-35)33-29(37)23-5-7-24(8-6-23)30(38)34-28(32(40)42-20(3)4)26-18-36-15-11-22(26)12-16-36/h5-8,19-22,25-28H,9-18H2,1-4H3,(H,33,37)(H,34,38). The molecule has 2 amide bonds. The van der Waals surface area contributed by atoms with E-state index in [1.54, 1.807) is 52.0 Å². The summed E-state index contributed by atoms with van der Waals surface area (Å²) in [4.78, 5) is 57.5. The average Bonchev–Trinajstić information content (AvgIpc) is 2.98. The van der Waals surface area contributed by atoms with Crippen molar-refractivity contribution in [3.63, 3.8) is 0 Å². The summed E-state index contributed by atoms with van der Waals surface area (Å²) in [5, 5.41) is 5.92. The van der Waals surface area contributed by atoms with Crippen molar-refractivity contribution >= 4 is 23.8 Å². The molecule has 0 saturated carbocycles. The van der Waals surface area contributed by atoms with Gasteiger partial charge in [-0.1, -0.05) is 0 Å². The predicted molar refractivity (Wildman–Crippen MR) is 157 cm³/mol. The van der Waals surface area contributed by atoms with Crippen molar-refractivity contribution in [2.24, 2.45) is 23.7 Å². The second kappa shape index (κ2) is 13.1. The minimum atomic E-state index is -0.731. The molecule has 4 bridgehead atoms. The number of nitrogens with one attached hydrogen (secondary N) is 2. The first-order valence-corrected chi connectivity index (χ1v) is 15.7. The summed E-state index contributed by atoms with van der Waals surface area (Å²) in [6.45, 7) is 12.9. The summed E-state index contributed by atoms with van der Waals surface area (Å²) >= 11 is 0. The number of hydrogen-bond donors (Lipinski definition) is 2. The van der Waals surface area contributed by atoms with Crippen molar-refractivity contribution in [2.75, 3.05) is 39.3 Å². The molecule has 10 nitrogen and oxygen atoms in total. The molecule has 6 fully saturated rings. The first kappa shape index (κ1) is 30.5. The molecule has 7 rings (SSSR count). The molecule has 0 radical (unpaired) electrons. The minimum absolute atomic E-state index is 0.00154. The number of amides is 2. The number of hydrogen-bond acceptors (Lipinski definition) is 8. The van der Waals surface area contributed by atoms with Crippen LogP contribution in [0, 0.1) is 23.7 Å². The predicted octanol–water partition coefficient (Wildman–Crippen LogP) is 2.47. The molecule has 42 heavy (non-hydrogen) atoms. The third-order valence-electron chi connectivity index (χ3n) is 9.46. The van der Waals surface area contributed by atoms with E-state index in [-0.39, 0.29) is 35.9 Å².